The fourth-order valence-corrected chi connectivity index (χ4v) is 4.17. The largest absolute Gasteiger partial charge is 0.507 e. The van der Waals surface area contributed by atoms with Crippen LogP contribution in [0, 0.1) is 19.8 Å². The van der Waals surface area contributed by atoms with Crippen LogP contribution >= 0.6 is 0 Å². The van der Waals surface area contributed by atoms with Gasteiger partial charge in [0.15, 0.2) is 0 Å². The molecule has 0 aliphatic heterocycles. The van der Waals surface area contributed by atoms with Crippen molar-refractivity contribution in [3.8, 4) is 5.75 Å². The lowest BCUT2D eigenvalue weighted by Crippen LogP contribution is -2.55. The predicted molar refractivity (Wildman–Crippen MR) is 150 cm³/mol. The van der Waals surface area contributed by atoms with Crippen LogP contribution in [-0.2, 0) is 14.3 Å². The monoisotopic (exact) mass is 525 g/mol. The summed E-state index contributed by atoms with van der Waals surface area (Å²) in [6, 6.07) is 10.5. The van der Waals surface area contributed by atoms with E-state index in [1.807, 2.05) is 45.9 Å². The summed E-state index contributed by atoms with van der Waals surface area (Å²) in [7, 11) is 0. The molecule has 0 radical (unpaired) electrons. The number of ether oxygens (including phenoxy) is 1. The van der Waals surface area contributed by atoms with Gasteiger partial charge in [-0.1, -0.05) is 63.6 Å². The molecule has 3 N–H and O–H groups in total. The summed E-state index contributed by atoms with van der Waals surface area (Å²) in [4.78, 5) is 42.2. The second-order valence-electron chi connectivity index (χ2n) is 10.8. The Balaban J connectivity index is 2.59. The molecule has 0 aliphatic rings. The number of rotatable bonds is 10. The van der Waals surface area contributed by atoms with Crippen LogP contribution in [0.3, 0.4) is 0 Å². The molecule has 208 valence electrons. The average molecular weight is 526 g/mol. The lowest BCUT2D eigenvalue weighted by molar-refractivity contribution is -0.142. The van der Waals surface area contributed by atoms with Crippen LogP contribution in [0.25, 0.3) is 0 Å². The third-order valence-electron chi connectivity index (χ3n) is 6.43. The Morgan fingerprint density at radius 2 is 1.63 bits per heavy atom. The van der Waals surface area contributed by atoms with Gasteiger partial charge in [0.25, 0.3) is 5.91 Å². The van der Waals surface area contributed by atoms with Gasteiger partial charge in [-0.2, -0.15) is 0 Å². The van der Waals surface area contributed by atoms with E-state index in [1.165, 1.54) is 4.90 Å². The summed E-state index contributed by atoms with van der Waals surface area (Å²) >= 11 is 0. The van der Waals surface area contributed by atoms with E-state index in [0.29, 0.717) is 29.7 Å². The van der Waals surface area contributed by atoms with Gasteiger partial charge in [0.05, 0.1) is 0 Å². The summed E-state index contributed by atoms with van der Waals surface area (Å²) in [5.74, 6) is -1.16. The number of alkyl carbamates (subject to hydrolysis) is 1. The molecule has 8 heteroatoms. The van der Waals surface area contributed by atoms with Crippen LogP contribution < -0.4 is 10.6 Å². The van der Waals surface area contributed by atoms with E-state index in [-0.39, 0.29) is 18.2 Å². The van der Waals surface area contributed by atoms with Crippen molar-refractivity contribution in [1.29, 1.82) is 0 Å². The van der Waals surface area contributed by atoms with Crippen LogP contribution in [0.4, 0.5) is 10.5 Å². The summed E-state index contributed by atoms with van der Waals surface area (Å²) in [6.45, 7) is 14.8. The number of para-hydroxylation sites is 2. The minimum atomic E-state index is -1.13. The maximum absolute atomic E-state index is 14.2. The molecular weight excluding hydrogens is 482 g/mol. The first-order valence-electron chi connectivity index (χ1n) is 13.3. The van der Waals surface area contributed by atoms with Gasteiger partial charge in [-0.15, -0.1) is 0 Å². The number of anilines is 1. The molecule has 0 saturated heterocycles. The Labute approximate surface area is 226 Å². The van der Waals surface area contributed by atoms with Crippen molar-refractivity contribution in [3.05, 3.63) is 59.2 Å². The number of aryl methyl sites for hydroxylation is 2. The van der Waals surface area contributed by atoms with Crippen LogP contribution in [0.5, 0.6) is 5.75 Å². The number of phenols is 1. The highest BCUT2D eigenvalue weighted by Gasteiger charge is 2.39. The predicted octanol–water partition coefficient (Wildman–Crippen LogP) is 5.87. The standard InChI is InChI=1S/C30H43N3O5/c1-9-18-33(28(36)24(19(3)10-2)32-29(37)38-30(6,7)8)25(22-16-13-15-21(5)26(22)34)27(35)31-23-17-12-11-14-20(23)4/h11-17,19,24-25,34H,9-10,18H2,1-8H3,(H,31,35)(H,32,37). The molecule has 3 amide bonds. The van der Waals surface area contributed by atoms with Gasteiger partial charge < -0.3 is 25.4 Å². The lowest BCUT2D eigenvalue weighted by Gasteiger charge is -2.36. The number of hydrogen-bond acceptors (Lipinski definition) is 5. The number of aromatic hydroxyl groups is 1. The molecule has 3 atom stereocenters. The molecule has 38 heavy (non-hydrogen) atoms. The third kappa shape index (κ3) is 7.97. The Hall–Kier alpha value is -3.55. The zero-order valence-corrected chi connectivity index (χ0v) is 23.9. The molecular formula is C30H43N3O5. The van der Waals surface area contributed by atoms with Crippen molar-refractivity contribution in [2.24, 2.45) is 5.92 Å². The van der Waals surface area contributed by atoms with E-state index in [2.05, 4.69) is 10.6 Å². The molecule has 0 aromatic heterocycles. The number of nitrogens with one attached hydrogen (secondary N) is 2. The van der Waals surface area contributed by atoms with Crippen LogP contribution in [0.2, 0.25) is 0 Å². The topological polar surface area (TPSA) is 108 Å². The third-order valence-corrected chi connectivity index (χ3v) is 6.43. The summed E-state index contributed by atoms with van der Waals surface area (Å²) in [6.07, 6.45) is 0.473. The summed E-state index contributed by atoms with van der Waals surface area (Å²) < 4.78 is 5.43. The summed E-state index contributed by atoms with van der Waals surface area (Å²) in [5, 5.41) is 16.7. The number of nitrogens with zero attached hydrogens (tertiary/aromatic N) is 1. The fraction of sp³-hybridized carbons (Fsp3) is 0.500. The van der Waals surface area contributed by atoms with Gasteiger partial charge in [-0.05, 0) is 64.2 Å². The number of carbonyl (C=O) groups excluding carboxylic acids is 3. The first-order valence-corrected chi connectivity index (χ1v) is 13.3. The van der Waals surface area contributed by atoms with Gasteiger partial charge in [0, 0.05) is 17.8 Å². The zero-order valence-electron chi connectivity index (χ0n) is 23.9. The smallest absolute Gasteiger partial charge is 0.408 e. The quantitative estimate of drug-likeness (QED) is 0.360. The average Bonchev–Trinajstić information content (AvgIpc) is 2.84. The van der Waals surface area contributed by atoms with Crippen molar-refractivity contribution in [3.63, 3.8) is 0 Å². The Morgan fingerprint density at radius 3 is 2.21 bits per heavy atom. The van der Waals surface area contributed by atoms with E-state index in [4.69, 9.17) is 4.74 Å². The second-order valence-corrected chi connectivity index (χ2v) is 10.8. The van der Waals surface area contributed by atoms with Crippen molar-refractivity contribution in [2.75, 3.05) is 11.9 Å². The number of carbonyl (C=O) groups is 3. The highest BCUT2D eigenvalue weighted by molar-refractivity contribution is 5.99. The van der Waals surface area contributed by atoms with Gasteiger partial charge in [-0.25, -0.2) is 4.79 Å². The fourth-order valence-electron chi connectivity index (χ4n) is 4.17. The maximum Gasteiger partial charge on any atom is 0.408 e. The molecule has 2 rings (SSSR count). The Kier molecular flexibility index (Phi) is 10.7. The molecule has 0 fully saturated rings. The van der Waals surface area contributed by atoms with Gasteiger partial charge in [0.1, 0.15) is 23.4 Å². The van der Waals surface area contributed by atoms with E-state index in [0.717, 1.165) is 5.56 Å². The van der Waals surface area contributed by atoms with Gasteiger partial charge in [-0.3, -0.25) is 9.59 Å². The zero-order chi connectivity index (χ0) is 28.6. The summed E-state index contributed by atoms with van der Waals surface area (Å²) in [5.41, 5.74) is 1.65. The Morgan fingerprint density at radius 1 is 1.00 bits per heavy atom. The van der Waals surface area contributed by atoms with Crippen molar-refractivity contribution < 1.29 is 24.2 Å². The molecule has 0 aliphatic carbocycles. The maximum atomic E-state index is 14.2. The molecule has 3 unspecified atom stereocenters. The minimum absolute atomic E-state index is 0.0495. The van der Waals surface area contributed by atoms with Gasteiger partial charge in [0.2, 0.25) is 5.91 Å². The number of amides is 3. The van der Waals surface area contributed by atoms with E-state index in [1.54, 1.807) is 52.0 Å². The van der Waals surface area contributed by atoms with E-state index < -0.39 is 35.6 Å². The molecule has 2 aromatic rings. The van der Waals surface area contributed by atoms with Crippen LogP contribution in [0.1, 0.15) is 77.1 Å². The number of phenolic OH excluding ortho intramolecular Hbond substituents is 1. The minimum Gasteiger partial charge on any atom is -0.507 e. The van der Waals surface area contributed by atoms with Crippen molar-refractivity contribution >= 4 is 23.6 Å². The molecule has 0 spiro atoms. The van der Waals surface area contributed by atoms with Gasteiger partial charge >= 0.3 is 6.09 Å². The highest BCUT2D eigenvalue weighted by atomic mass is 16.6. The first-order chi connectivity index (χ1) is 17.8. The van der Waals surface area contributed by atoms with Crippen molar-refractivity contribution in [1.82, 2.24) is 10.2 Å². The molecule has 0 bridgehead atoms. The SMILES string of the molecule is CCCN(C(=O)C(NC(=O)OC(C)(C)C)C(C)CC)C(C(=O)Nc1ccccc1C)c1cccc(C)c1O. The molecule has 0 saturated carbocycles. The first kappa shape index (κ1) is 30.7. The van der Waals surface area contributed by atoms with Crippen molar-refractivity contribution in [2.45, 2.75) is 85.9 Å². The highest BCUT2D eigenvalue weighted by Crippen LogP contribution is 2.34. The number of hydrogen-bond donors (Lipinski definition) is 3. The lowest BCUT2D eigenvalue weighted by atomic mass is 9.94. The molecule has 0 heterocycles. The van der Waals surface area contributed by atoms with Crippen LogP contribution in [0.15, 0.2) is 42.5 Å². The molecule has 8 nitrogen and oxygen atoms in total. The van der Waals surface area contributed by atoms with E-state index in [9.17, 15) is 19.5 Å². The van der Waals surface area contributed by atoms with E-state index >= 15 is 0 Å². The molecule has 2 aromatic carbocycles. The Bertz CT molecular complexity index is 1130. The normalized spacial score (nSPS) is 13.7. The number of benzene rings is 2. The second kappa shape index (κ2) is 13.3. The van der Waals surface area contributed by atoms with Crippen LogP contribution in [-0.4, -0.2) is 46.1 Å².